The summed E-state index contributed by atoms with van der Waals surface area (Å²) < 4.78 is 10.2. The molecule has 1 heterocycles. The van der Waals surface area contributed by atoms with E-state index in [1.165, 1.54) is 18.9 Å². The summed E-state index contributed by atoms with van der Waals surface area (Å²) in [4.78, 5) is 13.5. The molecule has 2 aromatic rings. The zero-order valence-electron chi connectivity index (χ0n) is 10.9. The maximum atomic E-state index is 5.18. The number of nitrogens with zero attached hydrogens (tertiary/aromatic N) is 3. The summed E-state index contributed by atoms with van der Waals surface area (Å²) in [6.45, 7) is 0. The van der Waals surface area contributed by atoms with Gasteiger partial charge in [0.1, 0.15) is 5.75 Å². The Bertz CT molecular complexity index is 543. The number of hydrogen-bond acceptors (Lipinski definition) is 7. The summed E-state index contributed by atoms with van der Waals surface area (Å²) in [5, 5.41) is 3.43. The summed E-state index contributed by atoms with van der Waals surface area (Å²) in [7, 11) is 4.90. The molecule has 0 atom stereocenters. The molecule has 0 bridgehead atoms. The van der Waals surface area contributed by atoms with E-state index in [0.717, 1.165) is 10.6 Å². The summed E-state index contributed by atoms with van der Waals surface area (Å²) in [5.74, 6) is 1.26. The molecule has 0 aliphatic heterocycles. The number of methoxy groups -OCH3 is 2. The van der Waals surface area contributed by atoms with Crippen LogP contribution >= 0.6 is 11.8 Å². The fourth-order valence-corrected chi connectivity index (χ4v) is 2.15. The maximum Gasteiger partial charge on any atom is 0.321 e. The number of benzene rings is 1. The van der Waals surface area contributed by atoms with Gasteiger partial charge >= 0.3 is 6.01 Å². The van der Waals surface area contributed by atoms with Crippen LogP contribution in [-0.2, 0) is 0 Å². The Morgan fingerprint density at radius 2 is 1.95 bits per heavy atom. The average molecular weight is 278 g/mol. The van der Waals surface area contributed by atoms with Crippen molar-refractivity contribution in [3.63, 3.8) is 0 Å². The number of aromatic nitrogens is 3. The molecule has 0 radical (unpaired) electrons. The normalized spacial score (nSPS) is 10.1. The van der Waals surface area contributed by atoms with Gasteiger partial charge < -0.3 is 14.8 Å². The smallest absolute Gasteiger partial charge is 0.321 e. The lowest BCUT2D eigenvalue weighted by molar-refractivity contribution is 0.374. The molecule has 0 aliphatic carbocycles. The molecule has 2 rings (SSSR count). The van der Waals surface area contributed by atoms with Crippen LogP contribution in [0.4, 0.5) is 5.95 Å². The molecule has 0 fully saturated rings. The molecule has 0 aliphatic rings. The largest absolute Gasteiger partial charge is 0.497 e. The molecule has 6 nitrogen and oxygen atoms in total. The molecule has 19 heavy (non-hydrogen) atoms. The first kappa shape index (κ1) is 13.4. The van der Waals surface area contributed by atoms with E-state index >= 15 is 0 Å². The van der Waals surface area contributed by atoms with E-state index in [4.69, 9.17) is 9.47 Å². The highest BCUT2D eigenvalue weighted by atomic mass is 32.2. The van der Waals surface area contributed by atoms with Crippen molar-refractivity contribution in [2.24, 2.45) is 0 Å². The van der Waals surface area contributed by atoms with Crippen LogP contribution in [0.5, 0.6) is 11.8 Å². The van der Waals surface area contributed by atoms with Gasteiger partial charge in [0.15, 0.2) is 0 Å². The maximum absolute atomic E-state index is 5.18. The highest BCUT2D eigenvalue weighted by molar-refractivity contribution is 7.99. The molecular weight excluding hydrogens is 264 g/mol. The topological polar surface area (TPSA) is 69.2 Å². The second kappa shape index (κ2) is 6.24. The lowest BCUT2D eigenvalue weighted by Gasteiger charge is -2.06. The fourth-order valence-electron chi connectivity index (χ4n) is 1.36. The van der Waals surface area contributed by atoms with Crippen LogP contribution in [0.15, 0.2) is 34.3 Å². The molecule has 1 aromatic heterocycles. The second-order valence-electron chi connectivity index (χ2n) is 3.46. The minimum atomic E-state index is 0.282. The lowest BCUT2D eigenvalue weighted by Crippen LogP contribution is -2.02. The molecule has 0 amide bonds. The van der Waals surface area contributed by atoms with Gasteiger partial charge in [-0.3, -0.25) is 0 Å². The Balaban J connectivity index is 2.26. The second-order valence-corrected chi connectivity index (χ2v) is 4.50. The number of ether oxygens (including phenoxy) is 2. The van der Waals surface area contributed by atoms with Crippen molar-refractivity contribution in [3.05, 3.63) is 24.3 Å². The van der Waals surface area contributed by atoms with Gasteiger partial charge in [0.2, 0.25) is 11.1 Å². The first-order valence-electron chi connectivity index (χ1n) is 5.55. The Labute approximate surface area is 115 Å². The predicted octanol–water partition coefficient (Wildman–Crippen LogP) is 2.08. The van der Waals surface area contributed by atoms with Crippen LogP contribution in [0.3, 0.4) is 0 Å². The van der Waals surface area contributed by atoms with Crippen molar-refractivity contribution in [2.75, 3.05) is 26.6 Å². The van der Waals surface area contributed by atoms with E-state index in [2.05, 4.69) is 20.3 Å². The van der Waals surface area contributed by atoms with E-state index < -0.39 is 0 Å². The first-order valence-corrected chi connectivity index (χ1v) is 6.36. The first-order chi connectivity index (χ1) is 9.25. The van der Waals surface area contributed by atoms with Gasteiger partial charge in [-0.15, -0.1) is 0 Å². The van der Waals surface area contributed by atoms with Crippen molar-refractivity contribution in [1.82, 2.24) is 15.0 Å². The van der Waals surface area contributed by atoms with E-state index in [1.54, 1.807) is 14.2 Å². The molecule has 1 aromatic carbocycles. The molecule has 0 spiro atoms. The van der Waals surface area contributed by atoms with Crippen molar-refractivity contribution in [2.45, 2.75) is 10.1 Å². The number of rotatable bonds is 5. The fraction of sp³-hybridized carbons (Fsp3) is 0.250. The predicted molar refractivity (Wildman–Crippen MR) is 73.0 cm³/mol. The van der Waals surface area contributed by atoms with Gasteiger partial charge in [-0.2, -0.15) is 15.0 Å². The van der Waals surface area contributed by atoms with Crippen LogP contribution < -0.4 is 14.8 Å². The van der Waals surface area contributed by atoms with Crippen LogP contribution in [0.2, 0.25) is 0 Å². The molecule has 0 unspecified atom stereocenters. The molecular formula is C12H14N4O2S. The molecule has 0 saturated carbocycles. The minimum Gasteiger partial charge on any atom is -0.497 e. The van der Waals surface area contributed by atoms with E-state index in [-0.39, 0.29) is 6.01 Å². The highest BCUT2D eigenvalue weighted by Gasteiger charge is 2.08. The van der Waals surface area contributed by atoms with Crippen LogP contribution in [0.25, 0.3) is 0 Å². The van der Waals surface area contributed by atoms with Gasteiger partial charge in [-0.1, -0.05) is 6.07 Å². The average Bonchev–Trinajstić information content (AvgIpc) is 2.47. The van der Waals surface area contributed by atoms with Gasteiger partial charge in [0, 0.05) is 11.9 Å². The van der Waals surface area contributed by atoms with Gasteiger partial charge in [-0.05, 0) is 30.0 Å². The Morgan fingerprint density at radius 1 is 1.11 bits per heavy atom. The standard InChI is InChI=1S/C12H14N4O2S/c1-13-10-14-11(18-3)16-12(15-10)19-9-6-4-5-8(7-9)17-2/h4-7H,1-3H3,(H,13,14,15,16). The summed E-state index contributed by atoms with van der Waals surface area (Å²) in [6.07, 6.45) is 0. The third kappa shape index (κ3) is 3.47. The number of nitrogens with one attached hydrogen (secondary N) is 1. The third-order valence-corrected chi connectivity index (χ3v) is 3.11. The molecule has 7 heteroatoms. The zero-order chi connectivity index (χ0) is 13.7. The molecule has 1 N–H and O–H groups in total. The van der Waals surface area contributed by atoms with E-state index in [1.807, 2.05) is 24.3 Å². The lowest BCUT2D eigenvalue weighted by atomic mass is 10.3. The van der Waals surface area contributed by atoms with E-state index in [0.29, 0.717) is 11.1 Å². The van der Waals surface area contributed by atoms with Crippen molar-refractivity contribution in [1.29, 1.82) is 0 Å². The monoisotopic (exact) mass is 278 g/mol. The van der Waals surface area contributed by atoms with Crippen LogP contribution in [0.1, 0.15) is 0 Å². The highest BCUT2D eigenvalue weighted by Crippen LogP contribution is 2.28. The minimum absolute atomic E-state index is 0.282. The Hall–Kier alpha value is -2.02. The zero-order valence-corrected chi connectivity index (χ0v) is 11.7. The van der Waals surface area contributed by atoms with Gasteiger partial charge in [-0.25, -0.2) is 0 Å². The summed E-state index contributed by atoms with van der Waals surface area (Å²) >= 11 is 1.41. The molecule has 100 valence electrons. The quantitative estimate of drug-likeness (QED) is 0.897. The SMILES string of the molecule is CNc1nc(OC)nc(Sc2cccc(OC)c2)n1. The van der Waals surface area contributed by atoms with Crippen molar-refractivity contribution >= 4 is 17.7 Å². The Kier molecular flexibility index (Phi) is 4.40. The van der Waals surface area contributed by atoms with E-state index in [9.17, 15) is 0 Å². The molecule has 0 saturated heterocycles. The summed E-state index contributed by atoms with van der Waals surface area (Å²) in [5.41, 5.74) is 0. The third-order valence-electron chi connectivity index (χ3n) is 2.25. The summed E-state index contributed by atoms with van der Waals surface area (Å²) in [6, 6.07) is 7.96. The Morgan fingerprint density at radius 3 is 2.63 bits per heavy atom. The van der Waals surface area contributed by atoms with Crippen LogP contribution in [0, 0.1) is 0 Å². The number of hydrogen-bond donors (Lipinski definition) is 1. The van der Waals surface area contributed by atoms with Crippen molar-refractivity contribution in [3.8, 4) is 11.8 Å². The van der Waals surface area contributed by atoms with Crippen molar-refractivity contribution < 1.29 is 9.47 Å². The van der Waals surface area contributed by atoms with Crippen LogP contribution in [-0.4, -0.2) is 36.2 Å². The van der Waals surface area contributed by atoms with Gasteiger partial charge in [0.05, 0.1) is 14.2 Å². The number of anilines is 1. The van der Waals surface area contributed by atoms with Gasteiger partial charge in [0.25, 0.3) is 0 Å².